The Balaban J connectivity index is 0.000000921. The van der Waals surface area contributed by atoms with E-state index in [0.717, 1.165) is 11.3 Å². The summed E-state index contributed by atoms with van der Waals surface area (Å²) in [6.07, 6.45) is -0.806. The summed E-state index contributed by atoms with van der Waals surface area (Å²) in [5.74, 6) is 0.745. The van der Waals surface area contributed by atoms with Crippen LogP contribution < -0.4 is 4.74 Å². The Kier molecular flexibility index (Phi) is 7.32. The molecule has 0 spiro atoms. The maximum absolute atomic E-state index is 9.04. The summed E-state index contributed by atoms with van der Waals surface area (Å²) in [5, 5.41) is 17.6. The molecule has 1 atom stereocenters. The van der Waals surface area contributed by atoms with Crippen LogP contribution in [-0.4, -0.2) is 29.5 Å². The van der Waals surface area contributed by atoms with Crippen LogP contribution in [0.2, 0.25) is 0 Å². The number of rotatable bonds is 4. The second-order valence-electron chi connectivity index (χ2n) is 2.91. The predicted octanol–water partition coefficient (Wildman–Crippen LogP) is 1.53. The number of aliphatic hydroxyl groups excluding tert-OH is 2. The Labute approximate surface area is 90.6 Å². The Morgan fingerprint density at radius 2 is 1.93 bits per heavy atom. The minimum Gasteiger partial charge on any atom is -0.491 e. The molecule has 3 heteroatoms. The minimum atomic E-state index is -0.806. The van der Waals surface area contributed by atoms with Gasteiger partial charge in [-0.15, -0.1) is 13.2 Å². The van der Waals surface area contributed by atoms with Crippen LogP contribution in [0.25, 0.3) is 0 Å². The van der Waals surface area contributed by atoms with Crippen LogP contribution in [0.4, 0.5) is 0 Å². The summed E-state index contributed by atoms with van der Waals surface area (Å²) in [6.45, 7) is 7.79. The SMILES string of the molecule is C=C.Cc1ccccc1OCC(O)CO. The van der Waals surface area contributed by atoms with E-state index < -0.39 is 6.10 Å². The van der Waals surface area contributed by atoms with Crippen molar-refractivity contribution in [1.82, 2.24) is 0 Å². The van der Waals surface area contributed by atoms with Crippen molar-refractivity contribution >= 4 is 0 Å². The molecule has 0 saturated heterocycles. The lowest BCUT2D eigenvalue weighted by atomic mass is 10.2. The van der Waals surface area contributed by atoms with Crippen molar-refractivity contribution in [2.75, 3.05) is 13.2 Å². The van der Waals surface area contributed by atoms with Crippen LogP contribution in [0, 0.1) is 6.92 Å². The molecule has 1 rings (SSSR count). The van der Waals surface area contributed by atoms with Gasteiger partial charge in [0.1, 0.15) is 18.5 Å². The number of hydrogen-bond acceptors (Lipinski definition) is 3. The molecule has 0 aliphatic heterocycles. The molecule has 0 aliphatic carbocycles. The topological polar surface area (TPSA) is 49.7 Å². The van der Waals surface area contributed by atoms with Crippen molar-refractivity contribution in [1.29, 1.82) is 0 Å². The summed E-state index contributed by atoms with van der Waals surface area (Å²) >= 11 is 0. The number of ether oxygens (including phenoxy) is 1. The van der Waals surface area contributed by atoms with Crippen LogP contribution in [0.3, 0.4) is 0 Å². The number of benzene rings is 1. The second kappa shape index (κ2) is 8.03. The third kappa shape index (κ3) is 5.20. The first-order valence-electron chi connectivity index (χ1n) is 4.71. The van der Waals surface area contributed by atoms with Crippen LogP contribution in [-0.2, 0) is 0 Å². The standard InChI is InChI=1S/C10H14O3.C2H4/c1-8-4-2-3-5-10(8)13-7-9(12)6-11;1-2/h2-5,9,11-12H,6-7H2,1H3;1-2H2. The van der Waals surface area contributed by atoms with Crippen molar-refractivity contribution in [2.45, 2.75) is 13.0 Å². The van der Waals surface area contributed by atoms with E-state index in [1.165, 1.54) is 0 Å². The highest BCUT2D eigenvalue weighted by molar-refractivity contribution is 5.31. The van der Waals surface area contributed by atoms with Gasteiger partial charge in [0.15, 0.2) is 0 Å². The summed E-state index contributed by atoms with van der Waals surface area (Å²) in [6, 6.07) is 7.55. The van der Waals surface area contributed by atoms with Gasteiger partial charge < -0.3 is 14.9 Å². The summed E-state index contributed by atoms with van der Waals surface area (Å²) in [7, 11) is 0. The first kappa shape index (κ1) is 13.7. The van der Waals surface area contributed by atoms with Gasteiger partial charge in [0.25, 0.3) is 0 Å². The average Bonchev–Trinajstić information content (AvgIpc) is 2.30. The van der Waals surface area contributed by atoms with E-state index in [4.69, 9.17) is 14.9 Å². The molecular formula is C12H18O3. The smallest absolute Gasteiger partial charge is 0.122 e. The van der Waals surface area contributed by atoms with Crippen molar-refractivity contribution in [2.24, 2.45) is 0 Å². The lowest BCUT2D eigenvalue weighted by Crippen LogP contribution is -2.21. The van der Waals surface area contributed by atoms with E-state index in [0.29, 0.717) is 0 Å². The van der Waals surface area contributed by atoms with E-state index in [-0.39, 0.29) is 13.2 Å². The highest BCUT2D eigenvalue weighted by Crippen LogP contribution is 2.15. The molecule has 0 fully saturated rings. The van der Waals surface area contributed by atoms with E-state index in [1.54, 1.807) is 0 Å². The molecule has 0 radical (unpaired) electrons. The monoisotopic (exact) mass is 210 g/mol. The fraction of sp³-hybridized carbons (Fsp3) is 0.333. The molecule has 0 heterocycles. The predicted molar refractivity (Wildman–Crippen MR) is 61.0 cm³/mol. The highest BCUT2D eigenvalue weighted by Gasteiger charge is 2.03. The molecule has 0 aromatic heterocycles. The number of aliphatic hydroxyl groups is 2. The summed E-state index contributed by atoms with van der Waals surface area (Å²) in [5.41, 5.74) is 1.02. The number of aryl methyl sites for hydroxylation is 1. The van der Waals surface area contributed by atoms with Gasteiger partial charge in [0.2, 0.25) is 0 Å². The molecule has 0 saturated carbocycles. The lowest BCUT2D eigenvalue weighted by molar-refractivity contribution is 0.0534. The Hall–Kier alpha value is -1.32. The highest BCUT2D eigenvalue weighted by atomic mass is 16.5. The van der Waals surface area contributed by atoms with Gasteiger partial charge in [0.05, 0.1) is 6.61 Å². The average molecular weight is 210 g/mol. The summed E-state index contributed by atoms with van der Waals surface area (Å²) < 4.78 is 5.28. The molecule has 84 valence electrons. The molecule has 3 nitrogen and oxygen atoms in total. The zero-order chi connectivity index (χ0) is 11.7. The third-order valence-corrected chi connectivity index (χ3v) is 1.74. The van der Waals surface area contributed by atoms with Crippen LogP contribution in [0.1, 0.15) is 5.56 Å². The largest absolute Gasteiger partial charge is 0.491 e. The van der Waals surface area contributed by atoms with Crippen molar-refractivity contribution < 1.29 is 14.9 Å². The van der Waals surface area contributed by atoms with Gasteiger partial charge in [-0.3, -0.25) is 0 Å². The third-order valence-electron chi connectivity index (χ3n) is 1.74. The van der Waals surface area contributed by atoms with Gasteiger partial charge in [0, 0.05) is 0 Å². The molecule has 1 aromatic carbocycles. The van der Waals surface area contributed by atoms with Gasteiger partial charge in [-0.05, 0) is 18.6 Å². The van der Waals surface area contributed by atoms with E-state index in [1.807, 2.05) is 31.2 Å². The molecule has 0 aliphatic rings. The maximum atomic E-state index is 9.04. The Morgan fingerprint density at radius 3 is 2.47 bits per heavy atom. The fourth-order valence-corrected chi connectivity index (χ4v) is 0.957. The lowest BCUT2D eigenvalue weighted by Gasteiger charge is -2.11. The zero-order valence-corrected chi connectivity index (χ0v) is 9.02. The molecule has 1 unspecified atom stereocenters. The number of para-hydroxylation sites is 1. The van der Waals surface area contributed by atoms with Crippen molar-refractivity contribution in [3.63, 3.8) is 0 Å². The van der Waals surface area contributed by atoms with Crippen molar-refractivity contribution in [3.05, 3.63) is 43.0 Å². The second-order valence-corrected chi connectivity index (χ2v) is 2.91. The van der Waals surface area contributed by atoms with E-state index >= 15 is 0 Å². The van der Waals surface area contributed by atoms with Crippen LogP contribution in [0.15, 0.2) is 37.4 Å². The molecule has 1 aromatic rings. The Bertz CT molecular complexity index is 273. The first-order valence-corrected chi connectivity index (χ1v) is 4.71. The minimum absolute atomic E-state index is 0.126. The molecule has 15 heavy (non-hydrogen) atoms. The molecule has 0 bridgehead atoms. The Morgan fingerprint density at radius 1 is 1.33 bits per heavy atom. The normalized spacial score (nSPS) is 11.1. The first-order chi connectivity index (χ1) is 7.24. The zero-order valence-electron chi connectivity index (χ0n) is 9.02. The van der Waals surface area contributed by atoms with Crippen LogP contribution in [0.5, 0.6) is 5.75 Å². The maximum Gasteiger partial charge on any atom is 0.122 e. The van der Waals surface area contributed by atoms with E-state index in [2.05, 4.69) is 13.2 Å². The quantitative estimate of drug-likeness (QED) is 0.741. The van der Waals surface area contributed by atoms with E-state index in [9.17, 15) is 0 Å². The number of hydrogen-bond donors (Lipinski definition) is 2. The van der Waals surface area contributed by atoms with Crippen molar-refractivity contribution in [3.8, 4) is 5.75 Å². The fourth-order valence-electron chi connectivity index (χ4n) is 0.957. The van der Waals surface area contributed by atoms with Gasteiger partial charge in [-0.2, -0.15) is 0 Å². The van der Waals surface area contributed by atoms with Gasteiger partial charge in [-0.1, -0.05) is 18.2 Å². The molecule has 2 N–H and O–H groups in total. The van der Waals surface area contributed by atoms with Crippen LogP contribution >= 0.6 is 0 Å². The molecular weight excluding hydrogens is 192 g/mol. The molecule has 0 amide bonds. The van der Waals surface area contributed by atoms with Gasteiger partial charge in [-0.25, -0.2) is 0 Å². The van der Waals surface area contributed by atoms with Gasteiger partial charge >= 0.3 is 0 Å². The summed E-state index contributed by atoms with van der Waals surface area (Å²) in [4.78, 5) is 0.